The summed E-state index contributed by atoms with van der Waals surface area (Å²) in [5.74, 6) is 0.711. The lowest BCUT2D eigenvalue weighted by Crippen LogP contribution is -2.41. The molecule has 0 bridgehead atoms. The Bertz CT molecular complexity index is 406. The number of rotatable bonds is 4. The molecule has 0 radical (unpaired) electrons. The Balaban J connectivity index is 2.22. The van der Waals surface area contributed by atoms with Crippen LogP contribution in [0.4, 0.5) is 0 Å². The maximum Gasteiger partial charge on any atom is 0.0858 e. The van der Waals surface area contributed by atoms with Crippen molar-refractivity contribution in [2.45, 2.75) is 45.1 Å². The molecule has 1 fully saturated rings. The Kier molecular flexibility index (Phi) is 5.04. The van der Waals surface area contributed by atoms with Crippen molar-refractivity contribution in [3.05, 3.63) is 34.3 Å². The maximum absolute atomic E-state index is 10.8. The largest absolute Gasteiger partial charge is 0.388 e. The zero-order valence-corrected chi connectivity index (χ0v) is 13.2. The minimum absolute atomic E-state index is 0.132. The minimum Gasteiger partial charge on any atom is -0.388 e. The fourth-order valence-electron chi connectivity index (χ4n) is 3.41. The molecule has 0 amide bonds. The number of nitrogens with two attached hydrogens (primary N) is 1. The lowest BCUT2D eigenvalue weighted by atomic mass is 9.64. The molecular formula is C16H24BrNO. The molecule has 106 valence electrons. The fourth-order valence-corrected chi connectivity index (χ4v) is 3.68. The standard InChI is InChI=1S/C16H24BrNO/c1-2-12-4-3-9-16(10-12,11-18)15(19)13-5-7-14(17)8-6-13/h5-8,12,15,19H,2-4,9-11,18H2,1H3. The van der Waals surface area contributed by atoms with Crippen LogP contribution >= 0.6 is 15.9 Å². The molecule has 1 aliphatic rings. The number of hydrogen-bond acceptors (Lipinski definition) is 2. The van der Waals surface area contributed by atoms with Crippen LogP contribution in [-0.4, -0.2) is 11.7 Å². The maximum atomic E-state index is 10.8. The highest BCUT2D eigenvalue weighted by Gasteiger charge is 2.41. The van der Waals surface area contributed by atoms with Gasteiger partial charge in [0.05, 0.1) is 6.10 Å². The van der Waals surface area contributed by atoms with Gasteiger partial charge in [-0.3, -0.25) is 0 Å². The average molecular weight is 326 g/mol. The Labute approximate surface area is 124 Å². The van der Waals surface area contributed by atoms with Gasteiger partial charge in [-0.05, 0) is 36.5 Å². The summed E-state index contributed by atoms with van der Waals surface area (Å²) in [6.07, 6.45) is 5.30. The third-order valence-corrected chi connectivity index (χ3v) is 5.26. The highest BCUT2D eigenvalue weighted by molar-refractivity contribution is 9.10. The van der Waals surface area contributed by atoms with Gasteiger partial charge in [0.15, 0.2) is 0 Å². The second-order valence-corrected chi connectivity index (χ2v) is 6.81. The molecule has 19 heavy (non-hydrogen) atoms. The fraction of sp³-hybridized carbons (Fsp3) is 0.625. The first-order valence-corrected chi connectivity index (χ1v) is 8.04. The second-order valence-electron chi connectivity index (χ2n) is 5.89. The van der Waals surface area contributed by atoms with Crippen LogP contribution in [0.25, 0.3) is 0 Å². The van der Waals surface area contributed by atoms with Crippen molar-refractivity contribution in [2.24, 2.45) is 17.1 Å². The quantitative estimate of drug-likeness (QED) is 0.877. The summed E-state index contributed by atoms with van der Waals surface area (Å²) in [6, 6.07) is 7.98. The molecule has 1 aliphatic carbocycles. The second kappa shape index (κ2) is 6.38. The Hall–Kier alpha value is -0.380. The number of hydrogen-bond donors (Lipinski definition) is 2. The van der Waals surface area contributed by atoms with E-state index in [1.165, 1.54) is 19.3 Å². The Morgan fingerprint density at radius 1 is 1.42 bits per heavy atom. The molecule has 3 N–H and O–H groups in total. The predicted molar refractivity (Wildman–Crippen MR) is 82.8 cm³/mol. The molecule has 0 heterocycles. The summed E-state index contributed by atoms with van der Waals surface area (Å²) in [5, 5.41) is 10.8. The molecule has 2 rings (SSSR count). The van der Waals surface area contributed by atoms with E-state index >= 15 is 0 Å². The summed E-state index contributed by atoms with van der Waals surface area (Å²) >= 11 is 3.44. The molecule has 1 aromatic carbocycles. The van der Waals surface area contributed by atoms with Gasteiger partial charge < -0.3 is 10.8 Å². The monoisotopic (exact) mass is 325 g/mol. The normalized spacial score (nSPS) is 29.2. The molecule has 0 aromatic heterocycles. The van der Waals surface area contributed by atoms with Crippen molar-refractivity contribution in [3.8, 4) is 0 Å². The van der Waals surface area contributed by atoms with Gasteiger partial charge in [0.2, 0.25) is 0 Å². The van der Waals surface area contributed by atoms with E-state index in [2.05, 4.69) is 22.9 Å². The summed E-state index contributed by atoms with van der Waals surface area (Å²) in [4.78, 5) is 0. The van der Waals surface area contributed by atoms with E-state index in [-0.39, 0.29) is 5.41 Å². The predicted octanol–water partition coefficient (Wildman–Crippen LogP) is 4.03. The van der Waals surface area contributed by atoms with Crippen molar-refractivity contribution in [2.75, 3.05) is 6.54 Å². The smallest absolute Gasteiger partial charge is 0.0858 e. The molecule has 3 atom stereocenters. The van der Waals surface area contributed by atoms with Gasteiger partial charge in [0.25, 0.3) is 0 Å². The van der Waals surface area contributed by atoms with Gasteiger partial charge in [-0.2, -0.15) is 0 Å². The van der Waals surface area contributed by atoms with E-state index in [1.54, 1.807) is 0 Å². The van der Waals surface area contributed by atoms with E-state index in [0.29, 0.717) is 12.5 Å². The first kappa shape index (κ1) is 15.0. The van der Waals surface area contributed by atoms with E-state index in [4.69, 9.17) is 5.73 Å². The molecule has 1 saturated carbocycles. The number of aliphatic hydroxyl groups is 1. The van der Waals surface area contributed by atoms with Crippen molar-refractivity contribution < 1.29 is 5.11 Å². The zero-order chi connectivity index (χ0) is 13.9. The van der Waals surface area contributed by atoms with E-state index in [1.807, 2.05) is 24.3 Å². The molecule has 0 aliphatic heterocycles. The molecular weight excluding hydrogens is 302 g/mol. The van der Waals surface area contributed by atoms with E-state index < -0.39 is 6.10 Å². The van der Waals surface area contributed by atoms with Crippen molar-refractivity contribution >= 4 is 15.9 Å². The van der Waals surface area contributed by atoms with Crippen LogP contribution in [0.1, 0.15) is 50.7 Å². The van der Waals surface area contributed by atoms with Crippen LogP contribution in [0.3, 0.4) is 0 Å². The van der Waals surface area contributed by atoms with Gasteiger partial charge in [-0.15, -0.1) is 0 Å². The summed E-state index contributed by atoms with van der Waals surface area (Å²) in [7, 11) is 0. The SMILES string of the molecule is CCC1CCCC(CN)(C(O)c2ccc(Br)cc2)C1. The van der Waals surface area contributed by atoms with Crippen LogP contribution in [0.5, 0.6) is 0 Å². The van der Waals surface area contributed by atoms with Gasteiger partial charge >= 0.3 is 0 Å². The summed E-state index contributed by atoms with van der Waals surface area (Å²) < 4.78 is 1.04. The van der Waals surface area contributed by atoms with Gasteiger partial charge in [0.1, 0.15) is 0 Å². The molecule has 1 aromatic rings. The lowest BCUT2D eigenvalue weighted by molar-refractivity contribution is -0.0162. The molecule has 0 saturated heterocycles. The topological polar surface area (TPSA) is 46.2 Å². The van der Waals surface area contributed by atoms with Crippen LogP contribution in [0.2, 0.25) is 0 Å². The Morgan fingerprint density at radius 3 is 2.68 bits per heavy atom. The highest BCUT2D eigenvalue weighted by Crippen LogP contribution is 2.48. The van der Waals surface area contributed by atoms with Crippen molar-refractivity contribution in [1.29, 1.82) is 0 Å². The number of aliphatic hydroxyl groups excluding tert-OH is 1. The molecule has 3 unspecified atom stereocenters. The van der Waals surface area contributed by atoms with E-state index in [0.717, 1.165) is 22.9 Å². The Morgan fingerprint density at radius 2 is 2.11 bits per heavy atom. The van der Waals surface area contributed by atoms with Crippen LogP contribution in [0.15, 0.2) is 28.7 Å². The van der Waals surface area contributed by atoms with Gasteiger partial charge in [-0.1, -0.05) is 54.2 Å². The van der Waals surface area contributed by atoms with Gasteiger partial charge in [-0.25, -0.2) is 0 Å². The third-order valence-electron chi connectivity index (χ3n) is 4.73. The van der Waals surface area contributed by atoms with E-state index in [9.17, 15) is 5.11 Å². The van der Waals surface area contributed by atoms with Crippen LogP contribution < -0.4 is 5.73 Å². The van der Waals surface area contributed by atoms with Crippen molar-refractivity contribution in [1.82, 2.24) is 0 Å². The first-order chi connectivity index (χ1) is 9.11. The first-order valence-electron chi connectivity index (χ1n) is 7.25. The summed E-state index contributed by atoms with van der Waals surface area (Å²) in [5.41, 5.74) is 6.91. The molecule has 3 heteroatoms. The molecule has 0 spiro atoms. The van der Waals surface area contributed by atoms with Crippen molar-refractivity contribution in [3.63, 3.8) is 0 Å². The minimum atomic E-state index is -0.444. The third kappa shape index (κ3) is 3.21. The number of benzene rings is 1. The molecule has 2 nitrogen and oxygen atoms in total. The van der Waals surface area contributed by atoms with Gasteiger partial charge in [0, 0.05) is 16.4 Å². The van der Waals surface area contributed by atoms with Crippen LogP contribution in [0, 0.1) is 11.3 Å². The number of halogens is 1. The average Bonchev–Trinajstić information content (AvgIpc) is 2.47. The summed E-state index contributed by atoms with van der Waals surface area (Å²) in [6.45, 7) is 2.81. The highest BCUT2D eigenvalue weighted by atomic mass is 79.9. The lowest BCUT2D eigenvalue weighted by Gasteiger charge is -2.43. The zero-order valence-electron chi connectivity index (χ0n) is 11.6. The van der Waals surface area contributed by atoms with Crippen LogP contribution in [-0.2, 0) is 0 Å².